The monoisotopic (exact) mass is 445 g/mol. The molecule has 3 saturated heterocycles. The van der Waals surface area contributed by atoms with Crippen LogP contribution in [-0.2, 0) is 20.9 Å². The maximum Gasteiger partial charge on any atom is 0.227 e. The average molecular weight is 446 g/mol. The van der Waals surface area contributed by atoms with Crippen LogP contribution in [0, 0.1) is 17.3 Å². The molecule has 0 bridgehead atoms. The summed E-state index contributed by atoms with van der Waals surface area (Å²) in [6.45, 7) is 5.26. The molecule has 3 fully saturated rings. The lowest BCUT2D eigenvalue weighted by molar-refractivity contribution is -0.143. The van der Waals surface area contributed by atoms with E-state index < -0.39 is 0 Å². The first-order valence-corrected chi connectivity index (χ1v) is 11.7. The van der Waals surface area contributed by atoms with E-state index in [0.717, 1.165) is 43.8 Å². The van der Waals surface area contributed by atoms with E-state index >= 15 is 0 Å². The van der Waals surface area contributed by atoms with Gasteiger partial charge in [-0.2, -0.15) is 0 Å². The van der Waals surface area contributed by atoms with Gasteiger partial charge in [-0.3, -0.25) is 14.5 Å². The molecule has 32 heavy (non-hydrogen) atoms. The molecule has 0 saturated carbocycles. The highest BCUT2D eigenvalue weighted by molar-refractivity contribution is 5.81. The van der Waals surface area contributed by atoms with E-state index in [9.17, 15) is 9.59 Å². The molecule has 1 atom stereocenters. The standard InChI is InChI=1S/C24H35N3O5/c25-22(29)19-4-8-27(9-5-19)23(30)21-16-26(17-24(21)6-11-31-12-7-24)15-18-2-1-3-20(14-18)32-13-10-28/h1-3,14,19,21,28H,4-13,15-17H2,(H2,25,29)/t21-/m0/s1. The molecule has 3 heterocycles. The van der Waals surface area contributed by atoms with Crippen molar-refractivity contribution in [2.24, 2.45) is 23.0 Å². The number of amides is 2. The summed E-state index contributed by atoms with van der Waals surface area (Å²) in [5, 5.41) is 9.00. The maximum atomic E-state index is 13.6. The number of benzene rings is 1. The van der Waals surface area contributed by atoms with Crippen molar-refractivity contribution < 1.29 is 24.2 Å². The van der Waals surface area contributed by atoms with E-state index in [1.807, 2.05) is 23.1 Å². The Morgan fingerprint density at radius 1 is 1.22 bits per heavy atom. The largest absolute Gasteiger partial charge is 0.491 e. The molecule has 4 rings (SSSR count). The Morgan fingerprint density at radius 2 is 1.97 bits per heavy atom. The number of primary amides is 1. The van der Waals surface area contributed by atoms with Gasteiger partial charge in [-0.15, -0.1) is 0 Å². The fourth-order valence-corrected chi connectivity index (χ4v) is 5.58. The summed E-state index contributed by atoms with van der Waals surface area (Å²) in [5.74, 6) is 0.552. The molecule has 0 unspecified atom stereocenters. The Hall–Kier alpha value is -2.16. The normalized spacial score (nSPS) is 24.0. The highest BCUT2D eigenvalue weighted by Gasteiger charge is 2.51. The molecule has 8 nitrogen and oxygen atoms in total. The first kappa shape index (κ1) is 23.0. The summed E-state index contributed by atoms with van der Waals surface area (Å²) in [4.78, 5) is 29.5. The fraction of sp³-hybridized carbons (Fsp3) is 0.667. The van der Waals surface area contributed by atoms with Crippen LogP contribution < -0.4 is 10.5 Å². The number of aliphatic hydroxyl groups is 1. The smallest absolute Gasteiger partial charge is 0.227 e. The van der Waals surface area contributed by atoms with Crippen LogP contribution in [-0.4, -0.2) is 79.3 Å². The van der Waals surface area contributed by atoms with E-state index in [-0.39, 0.29) is 42.3 Å². The van der Waals surface area contributed by atoms with Gasteiger partial charge in [0.2, 0.25) is 11.8 Å². The molecule has 176 valence electrons. The molecular weight excluding hydrogens is 410 g/mol. The Morgan fingerprint density at radius 3 is 2.66 bits per heavy atom. The predicted octanol–water partition coefficient (Wildman–Crippen LogP) is 1.01. The van der Waals surface area contributed by atoms with E-state index in [0.29, 0.717) is 39.1 Å². The van der Waals surface area contributed by atoms with Gasteiger partial charge < -0.3 is 25.2 Å². The zero-order valence-electron chi connectivity index (χ0n) is 18.7. The van der Waals surface area contributed by atoms with E-state index in [1.54, 1.807) is 0 Å². The number of nitrogens with two attached hydrogens (primary N) is 1. The molecule has 1 aromatic carbocycles. The molecule has 0 aromatic heterocycles. The van der Waals surface area contributed by atoms with Crippen molar-refractivity contribution in [3.8, 4) is 5.75 Å². The molecule has 3 aliphatic heterocycles. The SMILES string of the molecule is NC(=O)C1CCN(C(=O)[C@@H]2CN(Cc3cccc(OCCO)c3)CC23CCOCC3)CC1. The maximum absolute atomic E-state index is 13.6. The van der Waals surface area contributed by atoms with Crippen LogP contribution in [0.15, 0.2) is 24.3 Å². The Bertz CT molecular complexity index is 803. The van der Waals surface area contributed by atoms with Crippen molar-refractivity contribution >= 4 is 11.8 Å². The molecule has 0 radical (unpaired) electrons. The van der Waals surface area contributed by atoms with Crippen molar-refractivity contribution in [3.63, 3.8) is 0 Å². The third kappa shape index (κ3) is 5.08. The minimum atomic E-state index is -0.254. The van der Waals surface area contributed by atoms with Crippen LogP contribution in [0.25, 0.3) is 0 Å². The summed E-state index contributed by atoms with van der Waals surface area (Å²) in [5.41, 5.74) is 6.55. The van der Waals surface area contributed by atoms with E-state index in [2.05, 4.69) is 11.0 Å². The summed E-state index contributed by atoms with van der Waals surface area (Å²) in [7, 11) is 0. The number of aliphatic hydroxyl groups excluding tert-OH is 1. The van der Waals surface area contributed by atoms with Gasteiger partial charge in [-0.1, -0.05) is 12.1 Å². The lowest BCUT2D eigenvalue weighted by Crippen LogP contribution is -2.49. The van der Waals surface area contributed by atoms with Gasteiger partial charge in [0.1, 0.15) is 12.4 Å². The number of carbonyl (C=O) groups is 2. The van der Waals surface area contributed by atoms with Gasteiger partial charge in [0.15, 0.2) is 0 Å². The van der Waals surface area contributed by atoms with Crippen LogP contribution in [0.2, 0.25) is 0 Å². The number of likely N-dealkylation sites (tertiary alicyclic amines) is 2. The fourth-order valence-electron chi connectivity index (χ4n) is 5.58. The lowest BCUT2D eigenvalue weighted by Gasteiger charge is -2.40. The first-order valence-electron chi connectivity index (χ1n) is 11.7. The summed E-state index contributed by atoms with van der Waals surface area (Å²) in [6, 6.07) is 7.95. The number of hydrogen-bond acceptors (Lipinski definition) is 6. The van der Waals surface area contributed by atoms with Crippen LogP contribution in [0.5, 0.6) is 5.75 Å². The second kappa shape index (κ2) is 10.2. The van der Waals surface area contributed by atoms with Gasteiger partial charge in [-0.25, -0.2) is 0 Å². The molecule has 3 aliphatic rings. The Balaban J connectivity index is 1.45. The lowest BCUT2D eigenvalue weighted by atomic mass is 9.71. The van der Waals surface area contributed by atoms with Gasteiger partial charge in [0, 0.05) is 57.3 Å². The number of nitrogens with zero attached hydrogens (tertiary/aromatic N) is 2. The van der Waals surface area contributed by atoms with Crippen molar-refractivity contribution in [1.82, 2.24) is 9.80 Å². The molecule has 2 amide bonds. The number of piperidine rings is 1. The molecular formula is C24H35N3O5. The predicted molar refractivity (Wildman–Crippen MR) is 119 cm³/mol. The summed E-state index contributed by atoms with van der Waals surface area (Å²) >= 11 is 0. The highest BCUT2D eigenvalue weighted by Crippen LogP contribution is 2.45. The van der Waals surface area contributed by atoms with Crippen LogP contribution in [0.4, 0.5) is 0 Å². The van der Waals surface area contributed by atoms with Gasteiger partial charge in [-0.05, 0) is 43.4 Å². The summed E-state index contributed by atoms with van der Waals surface area (Å²) < 4.78 is 11.2. The summed E-state index contributed by atoms with van der Waals surface area (Å²) in [6.07, 6.45) is 3.12. The van der Waals surface area contributed by atoms with Crippen LogP contribution in [0.1, 0.15) is 31.2 Å². The zero-order valence-corrected chi connectivity index (χ0v) is 18.7. The van der Waals surface area contributed by atoms with E-state index in [1.165, 1.54) is 0 Å². The van der Waals surface area contributed by atoms with Gasteiger partial charge in [0.05, 0.1) is 12.5 Å². The van der Waals surface area contributed by atoms with Crippen molar-refractivity contribution in [2.75, 3.05) is 52.6 Å². The van der Waals surface area contributed by atoms with Crippen LogP contribution >= 0.6 is 0 Å². The zero-order chi connectivity index (χ0) is 22.6. The topological polar surface area (TPSA) is 105 Å². The second-order valence-corrected chi connectivity index (χ2v) is 9.42. The minimum Gasteiger partial charge on any atom is -0.491 e. The molecule has 8 heteroatoms. The van der Waals surface area contributed by atoms with Crippen LogP contribution in [0.3, 0.4) is 0 Å². The molecule has 1 spiro atoms. The van der Waals surface area contributed by atoms with Crippen molar-refractivity contribution in [1.29, 1.82) is 0 Å². The number of carbonyl (C=O) groups excluding carboxylic acids is 2. The van der Waals surface area contributed by atoms with Crippen molar-refractivity contribution in [3.05, 3.63) is 29.8 Å². The number of hydrogen-bond donors (Lipinski definition) is 2. The first-order chi connectivity index (χ1) is 15.5. The molecule has 3 N–H and O–H groups in total. The highest BCUT2D eigenvalue weighted by atomic mass is 16.5. The average Bonchev–Trinajstić information content (AvgIpc) is 3.14. The van der Waals surface area contributed by atoms with Gasteiger partial charge in [0.25, 0.3) is 0 Å². The molecule has 1 aromatic rings. The second-order valence-electron chi connectivity index (χ2n) is 9.42. The number of rotatable bonds is 7. The third-order valence-electron chi connectivity index (χ3n) is 7.38. The minimum absolute atomic E-state index is 0.0125. The molecule has 0 aliphatic carbocycles. The number of ether oxygens (including phenoxy) is 2. The Labute approximate surface area is 189 Å². The Kier molecular flexibility index (Phi) is 7.33. The van der Waals surface area contributed by atoms with E-state index in [4.69, 9.17) is 20.3 Å². The van der Waals surface area contributed by atoms with Gasteiger partial charge >= 0.3 is 0 Å². The quantitative estimate of drug-likeness (QED) is 0.649. The third-order valence-corrected chi connectivity index (χ3v) is 7.38. The van der Waals surface area contributed by atoms with Crippen molar-refractivity contribution in [2.45, 2.75) is 32.2 Å².